The first-order valence-electron chi connectivity index (χ1n) is 13.5. The van der Waals surface area contributed by atoms with Gasteiger partial charge in [0.05, 0.1) is 18.4 Å². The van der Waals surface area contributed by atoms with Crippen molar-refractivity contribution in [2.24, 2.45) is 0 Å². The molecule has 0 aromatic carbocycles. The number of hydrogen-bond donors (Lipinski definition) is 3. The Kier molecular flexibility index (Phi) is 8.18. The highest BCUT2D eigenvalue weighted by molar-refractivity contribution is 5.75. The number of carbonyl (C=O) groups is 1. The second-order valence-electron chi connectivity index (χ2n) is 9.90. The third kappa shape index (κ3) is 6.53. The molecule has 3 N–H and O–H groups in total. The molecule has 40 heavy (non-hydrogen) atoms. The lowest BCUT2D eigenvalue weighted by atomic mass is 10.1. The van der Waals surface area contributed by atoms with Gasteiger partial charge in [0, 0.05) is 55.9 Å². The van der Waals surface area contributed by atoms with E-state index in [1.807, 2.05) is 32.0 Å². The number of anilines is 3. The summed E-state index contributed by atoms with van der Waals surface area (Å²) in [6.45, 7) is 8.32. The molecule has 0 bridgehead atoms. The third-order valence-electron chi connectivity index (χ3n) is 6.78. The molecule has 1 aliphatic heterocycles. The topological polar surface area (TPSA) is 133 Å². The summed E-state index contributed by atoms with van der Waals surface area (Å²) < 4.78 is 14.6. The molecular weight excluding hydrogens is 513 g/mol. The Bertz CT molecular complexity index is 1430. The van der Waals surface area contributed by atoms with Crippen LogP contribution >= 0.6 is 0 Å². The van der Waals surface area contributed by atoms with Crippen molar-refractivity contribution in [1.29, 1.82) is 0 Å². The molecule has 5 heterocycles. The standard InChI is InChI=1S/C27H34FN11O/c1-4-5-6-22-14-24(36-35-22)33-23-13-18(2)31-26(34-23)37-9-11-38(12-10-37)27(40)32-19(3)20-7-8-25(29-15-20)39-17-21(28)16-30-39/h7-8,13-17,19H,4-6,9-12H2,1-3H3,(H,32,40)(H2,31,33,34,35,36)/t19-/m0/s1. The lowest BCUT2D eigenvalue weighted by Gasteiger charge is -2.35. The quantitative estimate of drug-likeness (QED) is 0.287. The Morgan fingerprint density at radius 2 is 1.95 bits per heavy atom. The smallest absolute Gasteiger partial charge is 0.317 e. The molecule has 210 valence electrons. The Labute approximate surface area is 232 Å². The number of halogens is 1. The minimum absolute atomic E-state index is 0.143. The lowest BCUT2D eigenvalue weighted by Crippen LogP contribution is -2.52. The first-order valence-corrected chi connectivity index (χ1v) is 13.5. The lowest BCUT2D eigenvalue weighted by molar-refractivity contribution is 0.191. The maximum Gasteiger partial charge on any atom is 0.317 e. The molecule has 1 saturated heterocycles. The van der Waals surface area contributed by atoms with Crippen molar-refractivity contribution in [1.82, 2.24) is 45.1 Å². The van der Waals surface area contributed by atoms with Crippen LogP contribution in [-0.4, -0.2) is 72.0 Å². The summed E-state index contributed by atoms with van der Waals surface area (Å²) in [7, 11) is 0. The van der Waals surface area contributed by atoms with E-state index in [4.69, 9.17) is 4.98 Å². The van der Waals surface area contributed by atoms with Gasteiger partial charge in [-0.3, -0.25) is 5.10 Å². The monoisotopic (exact) mass is 547 g/mol. The minimum atomic E-state index is -0.428. The largest absolute Gasteiger partial charge is 0.337 e. The molecule has 5 rings (SSSR count). The molecule has 0 saturated carbocycles. The summed E-state index contributed by atoms with van der Waals surface area (Å²) in [5.74, 6) is 2.11. The van der Waals surface area contributed by atoms with Crippen LogP contribution in [0.5, 0.6) is 0 Å². The number of unbranched alkanes of at least 4 members (excludes halogenated alkanes) is 1. The molecule has 0 spiro atoms. The van der Waals surface area contributed by atoms with Crippen molar-refractivity contribution in [2.75, 3.05) is 36.4 Å². The fraction of sp³-hybridized carbons (Fsp3) is 0.407. The number of nitrogens with one attached hydrogen (secondary N) is 3. The average molecular weight is 548 g/mol. The molecule has 4 aromatic rings. The zero-order valence-corrected chi connectivity index (χ0v) is 22.9. The van der Waals surface area contributed by atoms with Gasteiger partial charge in [0.15, 0.2) is 17.5 Å². The maximum atomic E-state index is 13.2. The van der Waals surface area contributed by atoms with Crippen LogP contribution in [0.3, 0.4) is 0 Å². The number of hydrogen-bond acceptors (Lipinski definition) is 8. The van der Waals surface area contributed by atoms with Gasteiger partial charge in [-0.25, -0.2) is 23.8 Å². The van der Waals surface area contributed by atoms with Crippen molar-refractivity contribution in [2.45, 2.75) is 46.1 Å². The molecule has 4 aromatic heterocycles. The Morgan fingerprint density at radius 1 is 1.12 bits per heavy atom. The number of carbonyl (C=O) groups excluding carboxylic acids is 1. The first-order chi connectivity index (χ1) is 19.4. The first kappa shape index (κ1) is 27.0. The molecule has 1 fully saturated rings. The summed E-state index contributed by atoms with van der Waals surface area (Å²) in [5, 5.41) is 17.7. The SMILES string of the molecule is CCCCc1cc(Nc2cc(C)nc(N3CCN(C(=O)N[C@@H](C)c4ccc(-n5cc(F)cn5)nc4)CC3)n2)n[nH]1. The summed E-state index contributed by atoms with van der Waals surface area (Å²) in [6.07, 6.45) is 7.26. The van der Waals surface area contributed by atoms with Crippen molar-refractivity contribution >= 4 is 23.6 Å². The van der Waals surface area contributed by atoms with Crippen LogP contribution in [0.2, 0.25) is 0 Å². The van der Waals surface area contributed by atoms with Gasteiger partial charge in [-0.1, -0.05) is 19.4 Å². The van der Waals surface area contributed by atoms with Crippen LogP contribution in [-0.2, 0) is 6.42 Å². The number of amides is 2. The van der Waals surface area contributed by atoms with E-state index >= 15 is 0 Å². The number of aromatic nitrogens is 7. The minimum Gasteiger partial charge on any atom is -0.337 e. The molecule has 2 amide bonds. The highest BCUT2D eigenvalue weighted by Gasteiger charge is 2.24. The van der Waals surface area contributed by atoms with Gasteiger partial charge < -0.3 is 20.4 Å². The highest BCUT2D eigenvalue weighted by Crippen LogP contribution is 2.20. The molecule has 1 atom stereocenters. The normalized spacial score (nSPS) is 14.3. The molecule has 0 aliphatic carbocycles. The Morgan fingerprint density at radius 3 is 2.65 bits per heavy atom. The van der Waals surface area contributed by atoms with E-state index in [0.29, 0.717) is 43.8 Å². The molecule has 0 unspecified atom stereocenters. The van der Waals surface area contributed by atoms with Crippen LogP contribution in [0.4, 0.5) is 26.8 Å². The van der Waals surface area contributed by atoms with E-state index in [9.17, 15) is 9.18 Å². The molecular formula is C27H34FN11O. The average Bonchev–Trinajstić information content (AvgIpc) is 3.60. The summed E-state index contributed by atoms with van der Waals surface area (Å²) in [5.41, 5.74) is 2.78. The number of pyridine rings is 1. The van der Waals surface area contributed by atoms with Crippen molar-refractivity contribution in [3.05, 3.63) is 65.6 Å². The highest BCUT2D eigenvalue weighted by atomic mass is 19.1. The van der Waals surface area contributed by atoms with Crippen molar-refractivity contribution < 1.29 is 9.18 Å². The fourth-order valence-corrected chi connectivity index (χ4v) is 4.50. The number of H-pyrrole nitrogens is 1. The summed E-state index contributed by atoms with van der Waals surface area (Å²) in [6, 6.07) is 7.10. The van der Waals surface area contributed by atoms with E-state index in [0.717, 1.165) is 48.2 Å². The zero-order valence-electron chi connectivity index (χ0n) is 22.9. The molecule has 13 heteroatoms. The number of nitrogens with zero attached hydrogens (tertiary/aromatic N) is 8. The number of aromatic amines is 1. The van der Waals surface area contributed by atoms with E-state index in [-0.39, 0.29) is 12.1 Å². The van der Waals surface area contributed by atoms with Crippen LogP contribution < -0.4 is 15.5 Å². The predicted octanol–water partition coefficient (Wildman–Crippen LogP) is 3.91. The number of urea groups is 1. The van der Waals surface area contributed by atoms with Gasteiger partial charge in [0.1, 0.15) is 5.82 Å². The summed E-state index contributed by atoms with van der Waals surface area (Å²) >= 11 is 0. The predicted molar refractivity (Wildman–Crippen MR) is 149 cm³/mol. The second kappa shape index (κ2) is 12.1. The third-order valence-corrected chi connectivity index (χ3v) is 6.78. The van der Waals surface area contributed by atoms with Gasteiger partial charge in [0.25, 0.3) is 0 Å². The van der Waals surface area contributed by atoms with E-state index in [1.165, 1.54) is 10.9 Å². The Balaban J connectivity index is 1.14. The van der Waals surface area contributed by atoms with E-state index < -0.39 is 5.82 Å². The van der Waals surface area contributed by atoms with Crippen LogP contribution in [0.1, 0.15) is 49.7 Å². The van der Waals surface area contributed by atoms with E-state index in [1.54, 1.807) is 17.2 Å². The number of piperazine rings is 1. The zero-order chi connectivity index (χ0) is 28.1. The van der Waals surface area contributed by atoms with Gasteiger partial charge >= 0.3 is 6.03 Å². The van der Waals surface area contributed by atoms with Gasteiger partial charge in [-0.05, 0) is 38.3 Å². The van der Waals surface area contributed by atoms with Crippen molar-refractivity contribution in [3.63, 3.8) is 0 Å². The van der Waals surface area contributed by atoms with Crippen molar-refractivity contribution in [3.8, 4) is 5.82 Å². The van der Waals surface area contributed by atoms with Crippen LogP contribution in [0.25, 0.3) is 5.82 Å². The second-order valence-corrected chi connectivity index (χ2v) is 9.90. The molecule has 12 nitrogen and oxygen atoms in total. The van der Waals surface area contributed by atoms with Gasteiger partial charge in [-0.2, -0.15) is 15.2 Å². The molecule has 1 aliphatic rings. The van der Waals surface area contributed by atoms with Gasteiger partial charge in [-0.15, -0.1) is 0 Å². The number of aryl methyl sites for hydroxylation is 2. The molecule has 0 radical (unpaired) electrons. The van der Waals surface area contributed by atoms with Crippen LogP contribution in [0.15, 0.2) is 42.9 Å². The van der Waals surface area contributed by atoms with Crippen LogP contribution in [0, 0.1) is 12.7 Å². The van der Waals surface area contributed by atoms with E-state index in [2.05, 4.69) is 47.7 Å². The fourth-order valence-electron chi connectivity index (χ4n) is 4.50. The Hall–Kier alpha value is -4.55. The maximum absolute atomic E-state index is 13.2. The summed E-state index contributed by atoms with van der Waals surface area (Å²) in [4.78, 5) is 30.5. The van der Waals surface area contributed by atoms with Gasteiger partial charge in [0.2, 0.25) is 5.95 Å². The number of rotatable bonds is 9.